The van der Waals surface area contributed by atoms with Crippen molar-refractivity contribution < 1.29 is 23.3 Å². The van der Waals surface area contributed by atoms with Gasteiger partial charge in [0.1, 0.15) is 16.7 Å². The molecule has 0 aliphatic rings. The van der Waals surface area contributed by atoms with E-state index in [0.29, 0.717) is 17.9 Å². The number of hydrogen-bond donors (Lipinski definition) is 2. The van der Waals surface area contributed by atoms with Crippen LogP contribution in [0.25, 0.3) is 0 Å². The summed E-state index contributed by atoms with van der Waals surface area (Å²) >= 11 is 0. The molecule has 0 spiro atoms. The lowest BCUT2D eigenvalue weighted by Crippen LogP contribution is -2.40. The summed E-state index contributed by atoms with van der Waals surface area (Å²) in [4.78, 5) is 13.5. The predicted octanol–water partition coefficient (Wildman–Crippen LogP) is 1.88. The summed E-state index contributed by atoms with van der Waals surface area (Å²) in [6.07, 6.45) is 0. The monoisotopic (exact) mass is 420 g/mol. The Hall–Kier alpha value is -2.84. The number of rotatable bonds is 9. The summed E-state index contributed by atoms with van der Waals surface area (Å²) in [5.41, 5.74) is 1.95. The van der Waals surface area contributed by atoms with E-state index >= 15 is 0 Å². The van der Waals surface area contributed by atoms with Crippen LogP contribution in [0.2, 0.25) is 0 Å². The number of carbonyl (C=O) groups excluding carboxylic acids is 1. The second kappa shape index (κ2) is 10.6. The first-order valence-corrected chi connectivity index (χ1v) is 9.66. The molecule has 2 aromatic rings. The van der Waals surface area contributed by atoms with Crippen LogP contribution in [0, 0.1) is 17.1 Å². The lowest BCUT2D eigenvalue weighted by atomic mass is 10.2. The van der Waals surface area contributed by atoms with Crippen molar-refractivity contribution in [3.05, 3.63) is 53.8 Å². The van der Waals surface area contributed by atoms with Crippen molar-refractivity contribution in [2.75, 3.05) is 33.7 Å². The minimum absolute atomic E-state index is 0.0663. The molecular formula is C19H21FN4O4S. The number of halogens is 1. The highest BCUT2D eigenvalue weighted by Crippen LogP contribution is 2.27. The van der Waals surface area contributed by atoms with Crippen LogP contribution in [0.5, 0.6) is 11.5 Å². The third-order valence-corrected chi connectivity index (χ3v) is 5.23. The van der Waals surface area contributed by atoms with Crippen LogP contribution in [0.3, 0.4) is 0 Å². The number of ether oxygens (including phenoxy) is 1. The molecule has 0 bridgehead atoms. The molecule has 2 aromatic carbocycles. The predicted molar refractivity (Wildman–Crippen MR) is 104 cm³/mol. The first-order valence-electron chi connectivity index (χ1n) is 8.56. The van der Waals surface area contributed by atoms with Gasteiger partial charge in [-0.1, -0.05) is 0 Å². The lowest BCUT2D eigenvalue weighted by molar-refractivity contribution is -0.129. The summed E-state index contributed by atoms with van der Waals surface area (Å²) in [6, 6.07) is 12.0. The largest absolute Gasteiger partial charge is 0.454 e. The van der Waals surface area contributed by atoms with Gasteiger partial charge in [0.25, 0.3) is 5.91 Å². The Morgan fingerprint density at radius 1 is 1.24 bits per heavy atom. The molecule has 0 heterocycles. The molecule has 0 aromatic heterocycles. The number of hydroxylamine groups is 1. The fourth-order valence-electron chi connectivity index (χ4n) is 2.27. The quantitative estimate of drug-likeness (QED) is 0.474. The van der Waals surface area contributed by atoms with Gasteiger partial charge in [-0.15, -0.1) is 0 Å². The van der Waals surface area contributed by atoms with Crippen molar-refractivity contribution in [1.29, 1.82) is 5.26 Å². The van der Waals surface area contributed by atoms with Crippen molar-refractivity contribution in [2.45, 2.75) is 4.90 Å². The van der Waals surface area contributed by atoms with Gasteiger partial charge in [0, 0.05) is 13.1 Å². The highest BCUT2D eigenvalue weighted by molar-refractivity contribution is 7.82. The molecule has 1 amide bonds. The van der Waals surface area contributed by atoms with Crippen molar-refractivity contribution in [1.82, 2.24) is 14.7 Å². The van der Waals surface area contributed by atoms with Gasteiger partial charge in [0.15, 0.2) is 11.6 Å². The van der Waals surface area contributed by atoms with Crippen LogP contribution in [-0.2, 0) is 15.8 Å². The number of amides is 1. The third-order valence-electron chi connectivity index (χ3n) is 3.79. The summed E-state index contributed by atoms with van der Waals surface area (Å²) in [7, 11) is 1.82. The van der Waals surface area contributed by atoms with Crippen LogP contribution >= 0.6 is 0 Å². The number of hydrogen-bond acceptors (Lipinski definition) is 6. The maximum Gasteiger partial charge on any atom is 0.258 e. The van der Waals surface area contributed by atoms with E-state index in [-0.39, 0.29) is 23.7 Å². The number of carbonyl (C=O) groups is 1. The van der Waals surface area contributed by atoms with Gasteiger partial charge >= 0.3 is 0 Å². The topological polar surface area (TPSA) is 106 Å². The molecule has 2 N–H and O–H groups in total. The molecule has 0 saturated carbocycles. The Bertz CT molecular complexity index is 915. The van der Waals surface area contributed by atoms with Gasteiger partial charge in [-0.3, -0.25) is 10.0 Å². The Morgan fingerprint density at radius 2 is 1.93 bits per heavy atom. The fraction of sp³-hybridized carbons (Fsp3) is 0.263. The number of nitrogens with one attached hydrogen (secondary N) is 1. The molecule has 0 radical (unpaired) electrons. The van der Waals surface area contributed by atoms with E-state index in [1.807, 2.05) is 25.1 Å². The molecule has 8 nitrogen and oxygen atoms in total. The molecule has 10 heteroatoms. The molecule has 0 fully saturated rings. The van der Waals surface area contributed by atoms with Gasteiger partial charge in [-0.05, 0) is 56.6 Å². The Labute approximate surface area is 170 Å². The van der Waals surface area contributed by atoms with Crippen molar-refractivity contribution in [3.63, 3.8) is 0 Å². The molecule has 1 unspecified atom stereocenters. The number of likely N-dealkylation sites (N-methyl/N-ethyl adjacent to an activating group) is 1. The molecule has 2 rings (SSSR count). The van der Waals surface area contributed by atoms with Gasteiger partial charge < -0.3 is 9.64 Å². The zero-order valence-corrected chi connectivity index (χ0v) is 16.8. The van der Waals surface area contributed by atoms with E-state index in [2.05, 4.69) is 0 Å². The van der Waals surface area contributed by atoms with E-state index < -0.39 is 22.7 Å². The Kier molecular flexibility index (Phi) is 8.23. The van der Waals surface area contributed by atoms with Crippen molar-refractivity contribution >= 4 is 16.9 Å². The van der Waals surface area contributed by atoms with Gasteiger partial charge in [-0.25, -0.2) is 18.4 Å². The van der Waals surface area contributed by atoms with E-state index in [4.69, 9.17) is 15.2 Å². The standard InChI is InChI=1S/C19H21FN4O4S/c1-23(2)9-10-24(13-19(25)22-26)29(27)16-7-8-18(17(20)11-16)28-15-5-3-14(12-21)4-6-15/h3-8,11,26H,9-10,13H2,1-2H3,(H,22,25). The Morgan fingerprint density at radius 3 is 2.48 bits per heavy atom. The summed E-state index contributed by atoms with van der Waals surface area (Å²) in [5.74, 6) is -1.16. The fourth-order valence-corrected chi connectivity index (χ4v) is 3.44. The second-order valence-electron chi connectivity index (χ2n) is 6.28. The van der Waals surface area contributed by atoms with Crippen molar-refractivity contribution in [2.24, 2.45) is 0 Å². The third kappa shape index (κ3) is 6.62. The molecule has 0 aliphatic heterocycles. The summed E-state index contributed by atoms with van der Waals surface area (Å²) in [6.45, 7) is 0.451. The number of benzene rings is 2. The number of nitrogens with zero attached hydrogens (tertiary/aromatic N) is 3. The van der Waals surface area contributed by atoms with Gasteiger partial charge in [0.05, 0.1) is 23.1 Å². The molecule has 0 aliphatic carbocycles. The highest BCUT2D eigenvalue weighted by atomic mass is 32.2. The first kappa shape index (κ1) is 22.4. The van der Waals surface area contributed by atoms with Crippen LogP contribution in [0.1, 0.15) is 5.56 Å². The van der Waals surface area contributed by atoms with Gasteiger partial charge in [0.2, 0.25) is 0 Å². The maximum atomic E-state index is 14.5. The Balaban J connectivity index is 2.17. The first-order chi connectivity index (χ1) is 13.8. The molecule has 29 heavy (non-hydrogen) atoms. The smallest absolute Gasteiger partial charge is 0.258 e. The molecule has 154 valence electrons. The maximum absolute atomic E-state index is 14.5. The van der Waals surface area contributed by atoms with Crippen LogP contribution in [-0.4, -0.2) is 58.3 Å². The summed E-state index contributed by atoms with van der Waals surface area (Å²) < 4.78 is 34.1. The van der Waals surface area contributed by atoms with Crippen LogP contribution in [0.15, 0.2) is 47.4 Å². The average Bonchev–Trinajstić information content (AvgIpc) is 2.72. The minimum atomic E-state index is -1.83. The molecular weight excluding hydrogens is 399 g/mol. The van der Waals surface area contributed by atoms with Crippen LogP contribution < -0.4 is 10.2 Å². The van der Waals surface area contributed by atoms with E-state index in [1.54, 1.807) is 24.3 Å². The lowest BCUT2D eigenvalue weighted by Gasteiger charge is -2.22. The molecule has 0 saturated heterocycles. The van der Waals surface area contributed by atoms with Crippen molar-refractivity contribution in [3.8, 4) is 17.6 Å². The van der Waals surface area contributed by atoms with E-state index in [0.717, 1.165) is 6.07 Å². The highest BCUT2D eigenvalue weighted by Gasteiger charge is 2.20. The van der Waals surface area contributed by atoms with E-state index in [9.17, 15) is 13.4 Å². The number of nitriles is 1. The SMILES string of the molecule is CN(C)CCN(CC(=O)NO)S(=O)c1ccc(Oc2ccc(C#N)cc2)c(F)c1. The second-order valence-corrected chi connectivity index (χ2v) is 7.77. The molecule has 1 atom stereocenters. The average molecular weight is 420 g/mol. The van der Waals surface area contributed by atoms with Crippen LogP contribution in [0.4, 0.5) is 4.39 Å². The summed E-state index contributed by atoms with van der Waals surface area (Å²) in [5, 5.41) is 17.5. The normalized spacial score (nSPS) is 11.9. The zero-order valence-electron chi connectivity index (χ0n) is 16.0. The minimum Gasteiger partial charge on any atom is -0.454 e. The zero-order chi connectivity index (χ0) is 21.4. The van der Waals surface area contributed by atoms with Gasteiger partial charge in [-0.2, -0.15) is 5.26 Å². The van der Waals surface area contributed by atoms with E-state index in [1.165, 1.54) is 21.9 Å².